The van der Waals surface area contributed by atoms with Crippen molar-refractivity contribution in [3.8, 4) is 17.2 Å². The minimum Gasteiger partial charge on any atom is -0.497 e. The number of pyridine rings is 1. The number of fused-ring (bicyclic) bond motifs is 4. The van der Waals surface area contributed by atoms with E-state index in [4.69, 9.17) is 9.47 Å². The maximum atomic E-state index is 12.1. The number of nitrogens with zero attached hydrogens (tertiary/aromatic N) is 2. The third-order valence-electron chi connectivity index (χ3n) is 8.77. The summed E-state index contributed by atoms with van der Waals surface area (Å²) >= 11 is 0. The molecule has 3 saturated heterocycles. The van der Waals surface area contributed by atoms with Crippen molar-refractivity contribution in [2.75, 3.05) is 20.2 Å². The molecule has 0 radical (unpaired) electrons. The smallest absolute Gasteiger partial charge is 0.136 e. The maximum Gasteiger partial charge on any atom is 0.136 e. The molecule has 3 aromatic carbocycles. The molecule has 38 heavy (non-hydrogen) atoms. The molecule has 0 spiro atoms. The Kier molecular flexibility index (Phi) is 6.64. The number of methoxy groups -OCH3 is 1. The Morgan fingerprint density at radius 3 is 2.68 bits per heavy atom. The van der Waals surface area contributed by atoms with E-state index < -0.39 is 6.10 Å². The normalized spacial score (nSPS) is 25.2. The van der Waals surface area contributed by atoms with Crippen LogP contribution in [0.4, 0.5) is 0 Å². The van der Waals surface area contributed by atoms with Gasteiger partial charge in [0, 0.05) is 35.9 Å². The summed E-state index contributed by atoms with van der Waals surface area (Å²) in [5, 5.41) is 13.0. The fourth-order valence-electron chi connectivity index (χ4n) is 6.81. The van der Waals surface area contributed by atoms with Gasteiger partial charge < -0.3 is 19.1 Å². The van der Waals surface area contributed by atoms with Crippen molar-refractivity contribution in [3.05, 3.63) is 109 Å². The molecule has 3 fully saturated rings. The second-order valence-corrected chi connectivity index (χ2v) is 10.8. The molecule has 2 unspecified atom stereocenters. The summed E-state index contributed by atoms with van der Waals surface area (Å²) in [6.45, 7) is 6.99. The number of hydrogen-bond donors (Lipinski definition) is 1. The van der Waals surface area contributed by atoms with E-state index in [0.717, 1.165) is 76.2 Å². The van der Waals surface area contributed by atoms with E-state index in [-0.39, 0.29) is 6.04 Å². The van der Waals surface area contributed by atoms with Crippen LogP contribution in [0.3, 0.4) is 0 Å². The number of benzene rings is 3. The topological polar surface area (TPSA) is 51.6 Å². The van der Waals surface area contributed by atoms with Gasteiger partial charge in [0.05, 0.1) is 25.7 Å². The van der Waals surface area contributed by atoms with Crippen molar-refractivity contribution < 1.29 is 19.1 Å². The number of aliphatic hydroxyl groups excluding tert-OH is 1. The van der Waals surface area contributed by atoms with E-state index >= 15 is 0 Å². The summed E-state index contributed by atoms with van der Waals surface area (Å²) < 4.78 is 12.7. The van der Waals surface area contributed by atoms with Gasteiger partial charge in [0.1, 0.15) is 35.9 Å². The molecule has 5 nitrogen and oxygen atoms in total. The zero-order chi connectivity index (χ0) is 26.1. The summed E-state index contributed by atoms with van der Waals surface area (Å²) in [4.78, 5) is 4.55. The van der Waals surface area contributed by atoms with Crippen LogP contribution in [0, 0.1) is 11.8 Å². The lowest BCUT2D eigenvalue weighted by Crippen LogP contribution is -2.67. The third-order valence-corrected chi connectivity index (χ3v) is 8.77. The molecule has 3 aliphatic rings. The fraction of sp³-hybridized carbons (Fsp3) is 0.303. The van der Waals surface area contributed by atoms with Crippen LogP contribution in [0.25, 0.3) is 10.9 Å². The fourth-order valence-corrected chi connectivity index (χ4v) is 6.81. The van der Waals surface area contributed by atoms with Gasteiger partial charge in [-0.25, -0.2) is 0 Å². The monoisotopic (exact) mass is 507 g/mol. The average molecular weight is 508 g/mol. The number of hydrogen-bond acceptors (Lipinski definition) is 4. The van der Waals surface area contributed by atoms with Crippen molar-refractivity contribution in [1.29, 1.82) is 0 Å². The predicted octanol–water partition coefficient (Wildman–Crippen LogP) is 6.68. The largest absolute Gasteiger partial charge is 0.497 e. The minimum atomic E-state index is -0.622. The number of aliphatic hydroxyl groups is 1. The highest BCUT2D eigenvalue weighted by Gasteiger charge is 2.54. The molecule has 5 atom stereocenters. The first-order chi connectivity index (χ1) is 18.6. The molecule has 4 heterocycles. The summed E-state index contributed by atoms with van der Waals surface area (Å²) in [6.07, 6.45) is 5.44. The zero-order valence-electron chi connectivity index (χ0n) is 21.9. The van der Waals surface area contributed by atoms with Crippen LogP contribution >= 0.6 is 0 Å². The Bertz CT molecular complexity index is 1440. The number of quaternary nitrogens is 1. The third kappa shape index (κ3) is 4.46. The van der Waals surface area contributed by atoms with Crippen molar-refractivity contribution in [3.63, 3.8) is 0 Å². The van der Waals surface area contributed by atoms with Gasteiger partial charge in [-0.15, -0.1) is 6.58 Å². The highest BCUT2D eigenvalue weighted by molar-refractivity contribution is 5.83. The lowest BCUT2D eigenvalue weighted by Gasteiger charge is -2.58. The molecule has 194 valence electrons. The van der Waals surface area contributed by atoms with E-state index in [2.05, 4.69) is 35.8 Å². The molecule has 0 aliphatic carbocycles. The van der Waals surface area contributed by atoms with Gasteiger partial charge in [-0.3, -0.25) is 4.98 Å². The molecular weight excluding hydrogens is 472 g/mol. The molecule has 4 aromatic rings. The minimum absolute atomic E-state index is 0.0616. The number of ether oxygens (including phenoxy) is 2. The molecular formula is C33H35N2O3+. The Hall–Kier alpha value is -3.67. The molecule has 0 saturated carbocycles. The second kappa shape index (κ2) is 10.2. The summed E-state index contributed by atoms with van der Waals surface area (Å²) in [7, 11) is 1.67. The van der Waals surface area contributed by atoms with E-state index in [1.54, 1.807) is 7.11 Å². The number of para-hydroxylation sites is 2. The van der Waals surface area contributed by atoms with Crippen molar-refractivity contribution in [1.82, 2.24) is 4.98 Å². The first kappa shape index (κ1) is 24.7. The number of piperidine rings is 3. The van der Waals surface area contributed by atoms with Gasteiger partial charge in [0.15, 0.2) is 0 Å². The lowest BCUT2D eigenvalue weighted by atomic mass is 9.71. The summed E-state index contributed by atoms with van der Waals surface area (Å²) in [5.41, 5.74) is 2.96. The highest BCUT2D eigenvalue weighted by atomic mass is 16.5. The van der Waals surface area contributed by atoms with E-state index in [0.29, 0.717) is 11.8 Å². The van der Waals surface area contributed by atoms with Gasteiger partial charge >= 0.3 is 0 Å². The Labute approximate surface area is 224 Å². The van der Waals surface area contributed by atoms with Crippen molar-refractivity contribution in [2.45, 2.75) is 31.5 Å². The molecule has 2 bridgehead atoms. The zero-order valence-corrected chi connectivity index (χ0v) is 21.9. The van der Waals surface area contributed by atoms with Crippen LogP contribution in [0.1, 0.15) is 30.1 Å². The molecule has 3 aliphatic heterocycles. The molecule has 1 N–H and O–H groups in total. The predicted molar refractivity (Wildman–Crippen MR) is 150 cm³/mol. The molecule has 7 rings (SSSR count). The van der Waals surface area contributed by atoms with Gasteiger partial charge in [-0.1, -0.05) is 36.4 Å². The highest BCUT2D eigenvalue weighted by Crippen LogP contribution is 2.48. The number of aromatic nitrogens is 1. The van der Waals surface area contributed by atoms with Gasteiger partial charge in [-0.05, 0) is 60.0 Å². The van der Waals surface area contributed by atoms with E-state index in [1.807, 2.05) is 66.9 Å². The van der Waals surface area contributed by atoms with Crippen molar-refractivity contribution in [2.24, 2.45) is 11.8 Å². The van der Waals surface area contributed by atoms with Gasteiger partial charge in [0.25, 0.3) is 0 Å². The Morgan fingerprint density at radius 2 is 1.87 bits per heavy atom. The second-order valence-electron chi connectivity index (χ2n) is 10.8. The van der Waals surface area contributed by atoms with Crippen LogP contribution < -0.4 is 9.47 Å². The Morgan fingerprint density at radius 1 is 1.05 bits per heavy atom. The first-order valence-electron chi connectivity index (χ1n) is 13.5. The summed E-state index contributed by atoms with van der Waals surface area (Å²) in [6, 6.07) is 26.2. The first-order valence-corrected chi connectivity index (χ1v) is 13.5. The van der Waals surface area contributed by atoms with Gasteiger partial charge in [0.2, 0.25) is 0 Å². The number of rotatable bonds is 8. The maximum absolute atomic E-state index is 12.1. The lowest BCUT2D eigenvalue weighted by molar-refractivity contribution is -0.984. The molecule has 0 amide bonds. The van der Waals surface area contributed by atoms with Crippen LogP contribution in [-0.2, 0) is 6.54 Å². The standard InChI is InChI=1S/C33H35N2O3/c1-3-23-21-35(22-25-9-7-8-12-32(25)38-26-10-5-4-6-11-26)18-16-24(23)19-31(35)33(36)28-15-17-34-30-14-13-27(37-2)20-29(28)30/h3-15,17,20,23-24,31,33,36H,1,16,18-19,21-22H2,2H3/q+1/t23-,24?,31-,33+,35?/m0/s1. The van der Waals surface area contributed by atoms with Crippen LogP contribution in [0.5, 0.6) is 17.2 Å². The van der Waals surface area contributed by atoms with Crippen LogP contribution in [-0.4, -0.2) is 40.8 Å². The van der Waals surface area contributed by atoms with Crippen molar-refractivity contribution >= 4 is 10.9 Å². The van der Waals surface area contributed by atoms with E-state index in [9.17, 15) is 5.11 Å². The van der Waals surface area contributed by atoms with Gasteiger partial charge in [-0.2, -0.15) is 0 Å². The molecule has 1 aromatic heterocycles. The average Bonchev–Trinajstić information content (AvgIpc) is 2.97. The summed E-state index contributed by atoms with van der Waals surface area (Å²) in [5.74, 6) is 3.47. The Balaban J connectivity index is 1.39. The van der Waals surface area contributed by atoms with E-state index in [1.165, 1.54) is 0 Å². The molecule has 5 heteroatoms. The quantitative estimate of drug-likeness (QED) is 0.213. The van der Waals surface area contributed by atoms with Crippen LogP contribution in [0.2, 0.25) is 0 Å². The van der Waals surface area contributed by atoms with Crippen LogP contribution in [0.15, 0.2) is 97.7 Å². The SMILES string of the molecule is C=C[C@H]1C[N+]2(Cc3ccccc3Oc3ccccc3)CCC1C[C@H]2[C@H](O)c1ccnc2ccc(OC)cc12.